The number of hydrogen-bond acceptors (Lipinski definition) is 4. The van der Waals surface area contributed by atoms with Crippen molar-refractivity contribution in [3.63, 3.8) is 0 Å². The van der Waals surface area contributed by atoms with Crippen molar-refractivity contribution in [2.75, 3.05) is 11.9 Å². The van der Waals surface area contributed by atoms with Gasteiger partial charge in [0.2, 0.25) is 0 Å². The first-order valence-corrected chi connectivity index (χ1v) is 10.3. The Morgan fingerprint density at radius 2 is 2.16 bits per heavy atom. The van der Waals surface area contributed by atoms with Gasteiger partial charge in [-0.25, -0.2) is 0 Å². The van der Waals surface area contributed by atoms with Crippen LogP contribution in [-0.4, -0.2) is 22.4 Å². The molecule has 5 atom stereocenters. The number of nitrogens with one attached hydrogen (secondary N) is 1. The summed E-state index contributed by atoms with van der Waals surface area (Å²) in [6, 6.07) is 0.413. The third-order valence-electron chi connectivity index (χ3n) is 7.07. The summed E-state index contributed by atoms with van der Waals surface area (Å²) in [5, 5.41) is 8.00. The number of halogens is 1. The van der Waals surface area contributed by atoms with Crippen LogP contribution in [0.15, 0.2) is 15.5 Å². The molecule has 3 aliphatic carbocycles. The molecule has 1 aromatic rings. The highest BCUT2D eigenvalue weighted by molar-refractivity contribution is 9.10. The van der Waals surface area contributed by atoms with Crippen molar-refractivity contribution in [2.45, 2.75) is 65.1 Å². The summed E-state index contributed by atoms with van der Waals surface area (Å²) < 4.78 is 7.77. The van der Waals surface area contributed by atoms with E-state index in [0.717, 1.165) is 36.8 Å². The molecule has 6 heteroatoms. The van der Waals surface area contributed by atoms with Crippen molar-refractivity contribution in [2.24, 2.45) is 23.2 Å². The highest BCUT2D eigenvalue weighted by Crippen LogP contribution is 2.61. The Balaban J connectivity index is 1.52. The van der Waals surface area contributed by atoms with E-state index in [-0.39, 0.29) is 11.8 Å². The third-order valence-corrected chi connectivity index (χ3v) is 7.83. The molecule has 0 amide bonds. The zero-order chi connectivity index (χ0) is 17.8. The van der Waals surface area contributed by atoms with E-state index in [9.17, 15) is 4.79 Å². The van der Waals surface area contributed by atoms with Gasteiger partial charge in [0.15, 0.2) is 6.23 Å². The molecule has 0 radical (unpaired) electrons. The van der Waals surface area contributed by atoms with E-state index in [1.54, 1.807) is 6.20 Å². The molecule has 5 nitrogen and oxygen atoms in total. The smallest absolute Gasteiger partial charge is 0.285 e. The molecule has 1 saturated heterocycles. The van der Waals surface area contributed by atoms with E-state index in [2.05, 4.69) is 47.1 Å². The molecule has 3 saturated carbocycles. The van der Waals surface area contributed by atoms with Crippen molar-refractivity contribution in [3.8, 4) is 0 Å². The second kappa shape index (κ2) is 6.38. The van der Waals surface area contributed by atoms with Gasteiger partial charge in [-0.3, -0.25) is 4.79 Å². The summed E-state index contributed by atoms with van der Waals surface area (Å²) in [5.41, 5.74) is 1.17. The largest absolute Gasteiger partial charge is 0.380 e. The van der Waals surface area contributed by atoms with Gasteiger partial charge in [-0.05, 0) is 71.2 Å². The lowest BCUT2D eigenvalue weighted by Crippen LogP contribution is -2.58. The summed E-state index contributed by atoms with van der Waals surface area (Å²) in [7, 11) is 0. The summed E-state index contributed by atoms with van der Waals surface area (Å²) in [4.78, 5) is 12.7. The van der Waals surface area contributed by atoms with Crippen LogP contribution < -0.4 is 10.9 Å². The van der Waals surface area contributed by atoms with Crippen molar-refractivity contribution in [1.29, 1.82) is 0 Å². The average Bonchev–Trinajstić information content (AvgIpc) is 2.61. The van der Waals surface area contributed by atoms with Gasteiger partial charge in [-0.15, -0.1) is 0 Å². The Morgan fingerprint density at radius 1 is 1.36 bits per heavy atom. The van der Waals surface area contributed by atoms with Gasteiger partial charge in [-0.1, -0.05) is 20.8 Å². The van der Waals surface area contributed by atoms with Gasteiger partial charge in [-0.2, -0.15) is 9.78 Å². The molecule has 1 aliphatic heterocycles. The predicted octanol–water partition coefficient (Wildman–Crippen LogP) is 4.19. The van der Waals surface area contributed by atoms with Gasteiger partial charge in [0.05, 0.1) is 11.9 Å². The quantitative estimate of drug-likeness (QED) is 0.812. The molecule has 4 aliphatic rings. The molecule has 1 aromatic heterocycles. The molecule has 1 unspecified atom stereocenters. The van der Waals surface area contributed by atoms with Crippen molar-refractivity contribution >= 4 is 21.6 Å². The van der Waals surface area contributed by atoms with Crippen LogP contribution in [0.1, 0.15) is 59.1 Å². The molecule has 2 heterocycles. The second-order valence-corrected chi connectivity index (χ2v) is 9.44. The molecule has 5 rings (SSSR count). The van der Waals surface area contributed by atoms with Crippen LogP contribution in [0, 0.1) is 23.2 Å². The number of anilines is 1. The van der Waals surface area contributed by atoms with Crippen molar-refractivity contribution in [3.05, 3.63) is 21.0 Å². The van der Waals surface area contributed by atoms with Crippen LogP contribution >= 0.6 is 15.9 Å². The van der Waals surface area contributed by atoms with E-state index < -0.39 is 0 Å². The third kappa shape index (κ3) is 2.85. The fourth-order valence-corrected chi connectivity index (χ4v) is 5.61. The fourth-order valence-electron chi connectivity index (χ4n) is 5.21. The Labute approximate surface area is 157 Å². The number of nitrogens with zero attached hydrogens (tertiary/aromatic N) is 2. The van der Waals surface area contributed by atoms with Gasteiger partial charge in [0, 0.05) is 12.6 Å². The maximum absolute atomic E-state index is 12.7. The summed E-state index contributed by atoms with van der Waals surface area (Å²) in [6.45, 7) is 7.86. The minimum atomic E-state index is -0.228. The first-order chi connectivity index (χ1) is 11.9. The molecule has 2 bridgehead atoms. The first-order valence-electron chi connectivity index (χ1n) is 9.55. The van der Waals surface area contributed by atoms with Crippen LogP contribution in [-0.2, 0) is 4.74 Å². The number of ether oxygens (including phenoxy) is 1. The van der Waals surface area contributed by atoms with Crippen LogP contribution in [0.25, 0.3) is 0 Å². The first kappa shape index (κ1) is 17.5. The van der Waals surface area contributed by atoms with E-state index >= 15 is 0 Å². The SMILES string of the molecule is C[C@H]1[C@H]2C[C@H](C[C@H]1Nc1cnn(C3CCCCO3)c(=O)c1Br)C2(C)C. The molecule has 25 heavy (non-hydrogen) atoms. The monoisotopic (exact) mass is 409 g/mol. The topological polar surface area (TPSA) is 56.1 Å². The maximum Gasteiger partial charge on any atom is 0.285 e. The maximum atomic E-state index is 12.7. The van der Waals surface area contributed by atoms with E-state index in [1.807, 2.05) is 0 Å². The molecule has 138 valence electrons. The highest BCUT2D eigenvalue weighted by Gasteiger charge is 2.56. The van der Waals surface area contributed by atoms with Crippen molar-refractivity contribution < 1.29 is 4.74 Å². The lowest BCUT2D eigenvalue weighted by atomic mass is 9.45. The number of aromatic nitrogens is 2. The molecule has 0 spiro atoms. The molecule has 4 fully saturated rings. The Kier molecular flexibility index (Phi) is 4.47. The lowest BCUT2D eigenvalue weighted by Gasteiger charge is -2.62. The standard InChI is InChI=1S/C19H28BrN3O2/c1-11-13-8-12(19(13,2)3)9-14(11)22-15-10-21-23(18(24)17(15)20)16-6-4-5-7-25-16/h10-14,16,22H,4-9H2,1-3H3/t11-,12+,13+,14+,16?/m0/s1. The van der Waals surface area contributed by atoms with Gasteiger partial charge < -0.3 is 10.1 Å². The van der Waals surface area contributed by atoms with Crippen LogP contribution in [0.3, 0.4) is 0 Å². The summed E-state index contributed by atoms with van der Waals surface area (Å²) in [6.07, 6.45) is 7.07. The van der Waals surface area contributed by atoms with E-state index in [0.29, 0.717) is 28.5 Å². The molecule has 0 aromatic carbocycles. The minimum Gasteiger partial charge on any atom is -0.380 e. The number of rotatable bonds is 3. The molecular weight excluding hydrogens is 382 g/mol. The molecule has 1 N–H and O–H groups in total. The highest BCUT2D eigenvalue weighted by atomic mass is 79.9. The lowest BCUT2D eigenvalue weighted by molar-refractivity contribution is -0.105. The minimum absolute atomic E-state index is 0.106. The second-order valence-electron chi connectivity index (χ2n) is 8.65. The van der Waals surface area contributed by atoms with Gasteiger partial charge in [0.25, 0.3) is 5.56 Å². The van der Waals surface area contributed by atoms with Crippen LogP contribution in [0.5, 0.6) is 0 Å². The zero-order valence-corrected chi connectivity index (χ0v) is 16.9. The number of fused-ring (bicyclic) bond motifs is 2. The van der Waals surface area contributed by atoms with Crippen LogP contribution in [0.4, 0.5) is 5.69 Å². The van der Waals surface area contributed by atoms with Gasteiger partial charge in [0.1, 0.15) is 4.47 Å². The number of hydrogen-bond donors (Lipinski definition) is 1. The van der Waals surface area contributed by atoms with Crippen molar-refractivity contribution in [1.82, 2.24) is 9.78 Å². The Hall–Kier alpha value is -0.880. The van der Waals surface area contributed by atoms with Crippen LogP contribution in [0.2, 0.25) is 0 Å². The summed E-state index contributed by atoms with van der Waals surface area (Å²) >= 11 is 3.50. The van der Waals surface area contributed by atoms with E-state index in [4.69, 9.17) is 4.74 Å². The van der Waals surface area contributed by atoms with E-state index in [1.165, 1.54) is 17.5 Å². The summed E-state index contributed by atoms with van der Waals surface area (Å²) in [5.74, 6) is 2.16. The van der Waals surface area contributed by atoms with Gasteiger partial charge >= 0.3 is 0 Å². The molecular formula is C19H28BrN3O2. The Bertz CT molecular complexity index is 711. The average molecular weight is 410 g/mol. The predicted molar refractivity (Wildman–Crippen MR) is 102 cm³/mol. The zero-order valence-electron chi connectivity index (χ0n) is 15.3. The normalized spacial score (nSPS) is 36.6. The fraction of sp³-hybridized carbons (Fsp3) is 0.789. The Morgan fingerprint density at radius 3 is 2.80 bits per heavy atom.